The smallest absolute Gasteiger partial charge is 0.241 e. The Morgan fingerprint density at radius 1 is 1.24 bits per heavy atom. The third-order valence-electron chi connectivity index (χ3n) is 4.73. The Hall–Kier alpha value is -2.57. The van der Waals surface area contributed by atoms with Crippen molar-refractivity contribution in [3.8, 4) is 0 Å². The summed E-state index contributed by atoms with van der Waals surface area (Å²) in [6, 6.07) is 14.2. The molecule has 0 bridgehead atoms. The average Bonchev–Trinajstić information content (AvgIpc) is 3.36. The Kier molecular flexibility index (Phi) is 4.29. The molecule has 2 unspecified atom stereocenters. The van der Waals surface area contributed by atoms with Gasteiger partial charge in [0.25, 0.3) is 0 Å². The number of carbonyl (C=O) groups excluding carboxylic acids is 1. The Labute approximate surface area is 146 Å². The number of benzene rings is 1. The van der Waals surface area contributed by atoms with Crippen LogP contribution >= 0.6 is 0 Å². The van der Waals surface area contributed by atoms with Crippen molar-refractivity contribution in [1.29, 1.82) is 0 Å². The van der Waals surface area contributed by atoms with E-state index < -0.39 is 0 Å². The summed E-state index contributed by atoms with van der Waals surface area (Å²) in [6.45, 7) is 1.31. The zero-order chi connectivity index (χ0) is 17.2. The van der Waals surface area contributed by atoms with E-state index in [9.17, 15) is 4.79 Å². The number of furan rings is 1. The van der Waals surface area contributed by atoms with Crippen LogP contribution in [0.5, 0.6) is 0 Å². The molecule has 1 saturated heterocycles. The van der Waals surface area contributed by atoms with Gasteiger partial charge < -0.3 is 13.9 Å². The van der Waals surface area contributed by atoms with Crippen LogP contribution < -0.4 is 10.9 Å². The first kappa shape index (κ1) is 15.9. The molecule has 0 saturated carbocycles. The van der Waals surface area contributed by atoms with Crippen molar-refractivity contribution >= 4 is 16.8 Å². The third-order valence-corrected chi connectivity index (χ3v) is 4.73. The molecule has 2 aromatic heterocycles. The molecule has 4 rings (SSSR count). The number of likely N-dealkylation sites (N-methyl/N-ethyl adjacent to an activating group) is 1. The first-order valence-corrected chi connectivity index (χ1v) is 8.53. The van der Waals surface area contributed by atoms with Crippen LogP contribution in [0.1, 0.15) is 12.2 Å². The summed E-state index contributed by atoms with van der Waals surface area (Å²) in [4.78, 5) is 14.3. The molecule has 1 aliphatic rings. The van der Waals surface area contributed by atoms with Gasteiger partial charge in [-0.25, -0.2) is 5.43 Å². The van der Waals surface area contributed by atoms with Gasteiger partial charge in [-0.05, 0) is 36.1 Å². The standard InChI is InChI=1S/C19H22N4O2/c1-22(13-16-6-4-10-25-16)19(24)17-11-15(20-21-17)12-23-9-8-14-5-2-3-7-18(14)23/h2-10,15,17,20-21H,11-13H2,1H3. The van der Waals surface area contributed by atoms with E-state index in [1.165, 1.54) is 10.9 Å². The molecule has 3 aromatic rings. The number of rotatable bonds is 5. The summed E-state index contributed by atoms with van der Waals surface area (Å²) >= 11 is 0. The van der Waals surface area contributed by atoms with Crippen molar-refractivity contribution in [3.05, 3.63) is 60.7 Å². The van der Waals surface area contributed by atoms with Gasteiger partial charge in [0.05, 0.1) is 12.8 Å². The molecule has 0 spiro atoms. The van der Waals surface area contributed by atoms with Crippen molar-refractivity contribution < 1.29 is 9.21 Å². The van der Waals surface area contributed by atoms with Crippen LogP contribution in [0.3, 0.4) is 0 Å². The summed E-state index contributed by atoms with van der Waals surface area (Å²) < 4.78 is 7.55. The quantitative estimate of drug-likeness (QED) is 0.748. The summed E-state index contributed by atoms with van der Waals surface area (Å²) in [5, 5.41) is 1.24. The highest BCUT2D eigenvalue weighted by Gasteiger charge is 2.31. The number of hydrogen-bond acceptors (Lipinski definition) is 4. The van der Waals surface area contributed by atoms with E-state index in [0.717, 1.165) is 18.7 Å². The molecule has 0 radical (unpaired) electrons. The topological polar surface area (TPSA) is 62.4 Å². The predicted octanol–water partition coefficient (Wildman–Crippen LogP) is 2.13. The SMILES string of the molecule is CN(Cc1ccco1)C(=O)C1CC(Cn2ccc3ccccc32)NN1. The summed E-state index contributed by atoms with van der Waals surface area (Å²) in [6.07, 6.45) is 4.48. The molecule has 0 aliphatic carbocycles. The molecule has 6 heteroatoms. The van der Waals surface area contributed by atoms with Crippen molar-refractivity contribution in [3.63, 3.8) is 0 Å². The fourth-order valence-electron chi connectivity index (χ4n) is 3.42. The number of para-hydroxylation sites is 1. The van der Waals surface area contributed by atoms with Crippen molar-refractivity contribution in [2.75, 3.05) is 7.05 Å². The van der Waals surface area contributed by atoms with E-state index in [1.54, 1.807) is 18.2 Å². The minimum atomic E-state index is -0.216. The second-order valence-corrected chi connectivity index (χ2v) is 6.57. The number of amides is 1. The molecule has 1 aromatic carbocycles. The van der Waals surface area contributed by atoms with Crippen molar-refractivity contribution in [2.24, 2.45) is 0 Å². The Morgan fingerprint density at radius 2 is 2.12 bits per heavy atom. The van der Waals surface area contributed by atoms with E-state index >= 15 is 0 Å². The molecule has 25 heavy (non-hydrogen) atoms. The maximum atomic E-state index is 12.6. The van der Waals surface area contributed by atoms with Crippen LogP contribution in [0.2, 0.25) is 0 Å². The van der Waals surface area contributed by atoms with Gasteiger partial charge >= 0.3 is 0 Å². The number of carbonyl (C=O) groups is 1. The Bertz CT molecular complexity index is 855. The predicted molar refractivity (Wildman–Crippen MR) is 95.6 cm³/mol. The molecule has 1 fully saturated rings. The van der Waals surface area contributed by atoms with Gasteiger partial charge in [0.2, 0.25) is 5.91 Å². The van der Waals surface area contributed by atoms with Crippen molar-refractivity contribution in [1.82, 2.24) is 20.3 Å². The van der Waals surface area contributed by atoms with Crippen LogP contribution in [0, 0.1) is 0 Å². The highest BCUT2D eigenvalue weighted by atomic mass is 16.3. The van der Waals surface area contributed by atoms with Gasteiger partial charge in [-0.1, -0.05) is 18.2 Å². The lowest BCUT2D eigenvalue weighted by atomic mass is 10.1. The normalized spacial score (nSPS) is 20.2. The number of nitrogens with one attached hydrogen (secondary N) is 2. The monoisotopic (exact) mass is 338 g/mol. The molecule has 130 valence electrons. The van der Waals surface area contributed by atoms with Gasteiger partial charge in [-0.3, -0.25) is 10.2 Å². The second-order valence-electron chi connectivity index (χ2n) is 6.57. The summed E-state index contributed by atoms with van der Waals surface area (Å²) in [7, 11) is 1.80. The average molecular weight is 338 g/mol. The largest absolute Gasteiger partial charge is 0.467 e. The molecule has 2 N–H and O–H groups in total. The molecule has 3 heterocycles. The van der Waals surface area contributed by atoms with Crippen LogP contribution in [0.4, 0.5) is 0 Å². The molecule has 2 atom stereocenters. The van der Waals surface area contributed by atoms with Gasteiger partial charge in [-0.15, -0.1) is 0 Å². The van der Waals surface area contributed by atoms with Crippen LogP contribution in [-0.4, -0.2) is 34.5 Å². The summed E-state index contributed by atoms with van der Waals surface area (Å²) in [5.41, 5.74) is 7.62. The highest BCUT2D eigenvalue weighted by molar-refractivity contribution is 5.82. The Balaban J connectivity index is 1.37. The van der Waals surface area contributed by atoms with Crippen LogP contribution in [-0.2, 0) is 17.9 Å². The number of aromatic nitrogens is 1. The van der Waals surface area contributed by atoms with E-state index in [4.69, 9.17) is 4.42 Å². The molecular weight excluding hydrogens is 316 g/mol. The van der Waals surface area contributed by atoms with Gasteiger partial charge in [-0.2, -0.15) is 0 Å². The number of hydrazine groups is 1. The van der Waals surface area contributed by atoms with E-state index in [-0.39, 0.29) is 18.0 Å². The molecule has 1 aliphatic heterocycles. The van der Waals surface area contributed by atoms with E-state index in [0.29, 0.717) is 6.54 Å². The van der Waals surface area contributed by atoms with Gasteiger partial charge in [0.15, 0.2) is 0 Å². The van der Waals surface area contributed by atoms with Gasteiger partial charge in [0, 0.05) is 31.3 Å². The van der Waals surface area contributed by atoms with E-state index in [1.807, 2.05) is 18.2 Å². The lowest BCUT2D eigenvalue weighted by Gasteiger charge is -2.19. The molecular formula is C19H22N4O2. The Morgan fingerprint density at radius 3 is 2.96 bits per heavy atom. The fraction of sp³-hybridized carbons (Fsp3) is 0.316. The lowest BCUT2D eigenvalue weighted by molar-refractivity contribution is -0.132. The zero-order valence-corrected chi connectivity index (χ0v) is 14.2. The number of hydrogen-bond donors (Lipinski definition) is 2. The van der Waals surface area contributed by atoms with Crippen LogP contribution in [0.15, 0.2) is 59.3 Å². The number of nitrogens with zero attached hydrogens (tertiary/aromatic N) is 2. The first-order chi connectivity index (χ1) is 12.2. The molecule has 1 amide bonds. The first-order valence-electron chi connectivity index (χ1n) is 8.53. The fourth-order valence-corrected chi connectivity index (χ4v) is 3.42. The third kappa shape index (κ3) is 3.31. The maximum absolute atomic E-state index is 12.6. The van der Waals surface area contributed by atoms with Crippen LogP contribution in [0.25, 0.3) is 10.9 Å². The van der Waals surface area contributed by atoms with Crippen molar-refractivity contribution in [2.45, 2.75) is 31.6 Å². The minimum Gasteiger partial charge on any atom is -0.467 e. The van der Waals surface area contributed by atoms with Gasteiger partial charge in [0.1, 0.15) is 11.8 Å². The maximum Gasteiger partial charge on any atom is 0.241 e. The minimum absolute atomic E-state index is 0.0729. The second kappa shape index (κ2) is 6.74. The van der Waals surface area contributed by atoms with E-state index in [2.05, 4.69) is 45.9 Å². The zero-order valence-electron chi connectivity index (χ0n) is 14.2. The number of fused-ring (bicyclic) bond motifs is 1. The lowest BCUT2D eigenvalue weighted by Crippen LogP contribution is -2.44. The highest BCUT2D eigenvalue weighted by Crippen LogP contribution is 2.18. The molecule has 6 nitrogen and oxygen atoms in total. The summed E-state index contributed by atoms with van der Waals surface area (Å²) in [5.74, 6) is 0.862.